The quantitative estimate of drug-likeness (QED) is 0.311. The van der Waals surface area contributed by atoms with E-state index in [-0.39, 0.29) is 12.4 Å². The lowest BCUT2D eigenvalue weighted by Crippen LogP contribution is -2.10. The van der Waals surface area contributed by atoms with Crippen molar-refractivity contribution in [1.29, 1.82) is 0 Å². The number of hydrogen-bond donors (Lipinski definition) is 0. The average molecular weight is 427 g/mol. The lowest BCUT2D eigenvalue weighted by atomic mass is 9.88. The van der Waals surface area contributed by atoms with Crippen LogP contribution >= 0.6 is 23.2 Å². The maximum absolute atomic E-state index is 12.8. The van der Waals surface area contributed by atoms with Crippen LogP contribution in [-0.2, 0) is 4.74 Å². The molecule has 0 aliphatic rings. The van der Waals surface area contributed by atoms with Gasteiger partial charge in [0.2, 0.25) is 0 Å². The molecule has 0 aliphatic carbocycles. The molecule has 0 bridgehead atoms. The van der Waals surface area contributed by atoms with Crippen LogP contribution in [0.5, 0.6) is 0 Å². The normalized spacial score (nSPS) is 10.6. The second-order valence-electron chi connectivity index (χ2n) is 6.40. The summed E-state index contributed by atoms with van der Waals surface area (Å²) >= 11 is 12.8. The Labute approximate surface area is 180 Å². The predicted octanol–water partition coefficient (Wildman–Crippen LogP) is 7.10. The summed E-state index contributed by atoms with van der Waals surface area (Å²) in [6, 6.07) is 17.8. The zero-order valence-corrected chi connectivity index (χ0v) is 17.7. The minimum Gasteiger partial charge on any atom is -0.462 e. The SMILES string of the molecule is CCOC(=O)c1cc(-c2ccccc2Cl)c(C(=O)CC)cc1-c1ccccc1Cl. The first-order valence-electron chi connectivity index (χ1n) is 9.36. The Morgan fingerprint density at radius 1 is 0.759 bits per heavy atom. The molecule has 3 nitrogen and oxygen atoms in total. The summed E-state index contributed by atoms with van der Waals surface area (Å²) in [4.78, 5) is 25.6. The van der Waals surface area contributed by atoms with Gasteiger partial charge in [-0.3, -0.25) is 4.79 Å². The third kappa shape index (κ3) is 4.36. The van der Waals surface area contributed by atoms with Gasteiger partial charge in [-0.05, 0) is 42.3 Å². The van der Waals surface area contributed by atoms with E-state index < -0.39 is 5.97 Å². The molecule has 0 fully saturated rings. The summed E-state index contributed by atoms with van der Waals surface area (Å²) in [5.41, 5.74) is 3.32. The lowest BCUT2D eigenvalue weighted by Gasteiger charge is -2.17. The molecular weight excluding hydrogens is 407 g/mol. The Morgan fingerprint density at radius 2 is 1.24 bits per heavy atom. The molecule has 0 spiro atoms. The number of hydrogen-bond acceptors (Lipinski definition) is 3. The monoisotopic (exact) mass is 426 g/mol. The highest BCUT2D eigenvalue weighted by Crippen LogP contribution is 2.38. The maximum Gasteiger partial charge on any atom is 0.338 e. The van der Waals surface area contributed by atoms with Crippen molar-refractivity contribution in [2.75, 3.05) is 6.61 Å². The third-order valence-electron chi connectivity index (χ3n) is 4.60. The zero-order valence-electron chi connectivity index (χ0n) is 16.2. The molecule has 0 radical (unpaired) electrons. The molecule has 148 valence electrons. The molecule has 0 unspecified atom stereocenters. The summed E-state index contributed by atoms with van der Waals surface area (Å²) in [5.74, 6) is -0.533. The van der Waals surface area contributed by atoms with Crippen molar-refractivity contribution in [2.24, 2.45) is 0 Å². The van der Waals surface area contributed by atoms with E-state index in [1.54, 1.807) is 38.1 Å². The van der Waals surface area contributed by atoms with E-state index in [1.807, 2.05) is 36.4 Å². The van der Waals surface area contributed by atoms with Gasteiger partial charge in [-0.2, -0.15) is 0 Å². The molecule has 0 saturated heterocycles. The minimum atomic E-state index is -0.480. The molecule has 3 aromatic carbocycles. The number of carbonyl (C=O) groups excluding carboxylic acids is 2. The van der Waals surface area contributed by atoms with Crippen LogP contribution < -0.4 is 0 Å². The van der Waals surface area contributed by atoms with Gasteiger partial charge in [0.25, 0.3) is 0 Å². The number of Topliss-reactive ketones (excluding diaryl/α,β-unsaturated/α-hetero) is 1. The molecule has 29 heavy (non-hydrogen) atoms. The van der Waals surface area contributed by atoms with Crippen LogP contribution in [0.25, 0.3) is 22.3 Å². The first kappa shape index (κ1) is 21.1. The van der Waals surface area contributed by atoms with Crippen LogP contribution in [0.15, 0.2) is 60.7 Å². The Balaban J connectivity index is 2.37. The van der Waals surface area contributed by atoms with Crippen molar-refractivity contribution < 1.29 is 14.3 Å². The van der Waals surface area contributed by atoms with Gasteiger partial charge < -0.3 is 4.74 Å². The number of ether oxygens (including phenoxy) is 1. The van der Waals surface area contributed by atoms with E-state index in [0.29, 0.717) is 49.8 Å². The van der Waals surface area contributed by atoms with E-state index in [0.717, 1.165) is 0 Å². The predicted molar refractivity (Wildman–Crippen MR) is 118 cm³/mol. The topological polar surface area (TPSA) is 43.4 Å². The molecular formula is C24H20Cl2O3. The van der Waals surface area contributed by atoms with Gasteiger partial charge in [-0.25, -0.2) is 4.79 Å². The van der Waals surface area contributed by atoms with E-state index in [4.69, 9.17) is 27.9 Å². The van der Waals surface area contributed by atoms with Crippen LogP contribution in [0.3, 0.4) is 0 Å². The van der Waals surface area contributed by atoms with Gasteiger partial charge in [-0.15, -0.1) is 0 Å². The van der Waals surface area contributed by atoms with E-state index in [2.05, 4.69) is 0 Å². The molecule has 0 atom stereocenters. The van der Waals surface area contributed by atoms with Crippen molar-refractivity contribution >= 4 is 35.0 Å². The summed E-state index contributed by atoms with van der Waals surface area (Å²) in [6.45, 7) is 3.78. The van der Waals surface area contributed by atoms with Crippen molar-refractivity contribution in [3.63, 3.8) is 0 Å². The second kappa shape index (κ2) is 9.25. The zero-order chi connectivity index (χ0) is 21.0. The van der Waals surface area contributed by atoms with Gasteiger partial charge in [0.1, 0.15) is 0 Å². The van der Waals surface area contributed by atoms with Gasteiger partial charge in [-0.1, -0.05) is 66.5 Å². The fraction of sp³-hybridized carbons (Fsp3) is 0.167. The molecule has 0 amide bonds. The molecule has 0 aromatic heterocycles. The molecule has 5 heteroatoms. The van der Waals surface area contributed by atoms with Crippen LogP contribution in [0.1, 0.15) is 41.0 Å². The first-order chi connectivity index (χ1) is 14.0. The van der Waals surface area contributed by atoms with E-state index >= 15 is 0 Å². The fourth-order valence-electron chi connectivity index (χ4n) is 3.20. The Morgan fingerprint density at radius 3 is 1.72 bits per heavy atom. The Bertz CT molecular complexity index is 1070. The van der Waals surface area contributed by atoms with Crippen LogP contribution in [-0.4, -0.2) is 18.4 Å². The van der Waals surface area contributed by atoms with Crippen molar-refractivity contribution in [3.8, 4) is 22.3 Å². The summed E-state index contributed by atoms with van der Waals surface area (Å²) in [5, 5.41) is 0.983. The maximum atomic E-state index is 12.8. The summed E-state index contributed by atoms with van der Waals surface area (Å²) in [6.07, 6.45) is 0.318. The number of halogens is 2. The number of benzene rings is 3. The minimum absolute atomic E-state index is 0.0522. The van der Waals surface area contributed by atoms with Crippen molar-refractivity contribution in [3.05, 3.63) is 81.8 Å². The largest absolute Gasteiger partial charge is 0.462 e. The van der Waals surface area contributed by atoms with E-state index in [1.165, 1.54) is 0 Å². The standard InChI is InChI=1S/C24H20Cl2O3/c1-3-23(27)19-13-18(16-10-6-8-12-22(16)26)20(24(28)29-4-2)14-17(19)15-9-5-7-11-21(15)25/h5-14H,3-4H2,1-2H3. The number of carbonyl (C=O) groups is 2. The van der Waals surface area contributed by atoms with Crippen LogP contribution in [0, 0.1) is 0 Å². The average Bonchev–Trinajstić information content (AvgIpc) is 2.73. The highest BCUT2D eigenvalue weighted by atomic mass is 35.5. The van der Waals surface area contributed by atoms with Crippen LogP contribution in [0.4, 0.5) is 0 Å². The second-order valence-corrected chi connectivity index (χ2v) is 7.21. The highest BCUT2D eigenvalue weighted by Gasteiger charge is 2.23. The molecule has 0 saturated carbocycles. The van der Waals surface area contributed by atoms with Crippen molar-refractivity contribution in [2.45, 2.75) is 20.3 Å². The van der Waals surface area contributed by atoms with Gasteiger partial charge in [0.05, 0.1) is 12.2 Å². The van der Waals surface area contributed by atoms with Crippen LogP contribution in [0.2, 0.25) is 10.0 Å². The van der Waals surface area contributed by atoms with Gasteiger partial charge >= 0.3 is 5.97 Å². The number of ketones is 1. The lowest BCUT2D eigenvalue weighted by molar-refractivity contribution is 0.0527. The summed E-state index contributed by atoms with van der Waals surface area (Å²) < 4.78 is 5.28. The molecule has 0 aliphatic heterocycles. The first-order valence-corrected chi connectivity index (χ1v) is 10.1. The summed E-state index contributed by atoms with van der Waals surface area (Å²) in [7, 11) is 0. The van der Waals surface area contributed by atoms with E-state index in [9.17, 15) is 9.59 Å². The smallest absolute Gasteiger partial charge is 0.338 e. The fourth-order valence-corrected chi connectivity index (χ4v) is 3.68. The highest BCUT2D eigenvalue weighted by molar-refractivity contribution is 6.34. The molecule has 3 rings (SSSR count). The Hall–Kier alpha value is -2.62. The van der Waals surface area contributed by atoms with Gasteiger partial charge in [0, 0.05) is 33.2 Å². The third-order valence-corrected chi connectivity index (χ3v) is 5.26. The molecule has 0 heterocycles. The Kier molecular flexibility index (Phi) is 6.73. The molecule has 0 N–H and O–H groups in total. The number of esters is 1. The molecule has 3 aromatic rings. The van der Waals surface area contributed by atoms with Gasteiger partial charge in [0.15, 0.2) is 5.78 Å². The number of rotatable bonds is 6. The van der Waals surface area contributed by atoms with Crippen molar-refractivity contribution in [1.82, 2.24) is 0 Å².